The van der Waals surface area contributed by atoms with Crippen LogP contribution in [0, 0.1) is 0 Å². The van der Waals surface area contributed by atoms with Crippen molar-refractivity contribution in [3.8, 4) is 0 Å². The van der Waals surface area contributed by atoms with E-state index in [0.717, 1.165) is 78.4 Å². The smallest absolute Gasteiger partial charge is 0.341 e. The molecule has 0 unspecified atom stereocenters. The van der Waals surface area contributed by atoms with E-state index < -0.39 is 0 Å². The second-order valence-electron chi connectivity index (χ2n) is 8.19. The van der Waals surface area contributed by atoms with E-state index in [1.54, 1.807) is 11.3 Å². The van der Waals surface area contributed by atoms with Crippen molar-refractivity contribution in [1.29, 1.82) is 0 Å². The molecular weight excluding hydrogens is 408 g/mol. The van der Waals surface area contributed by atoms with Gasteiger partial charge in [0.15, 0.2) is 11.6 Å². The predicted molar refractivity (Wildman–Crippen MR) is 126 cm³/mol. The fourth-order valence-electron chi connectivity index (χ4n) is 4.58. The topological polar surface area (TPSA) is 67.3 Å². The second kappa shape index (κ2) is 8.83. The summed E-state index contributed by atoms with van der Waals surface area (Å²) < 4.78 is 5.43. The van der Waals surface area contributed by atoms with Gasteiger partial charge in [-0.1, -0.05) is 12.1 Å². The van der Waals surface area contributed by atoms with E-state index >= 15 is 0 Å². The Hall–Kier alpha value is -2.67. The third-order valence-electron chi connectivity index (χ3n) is 6.09. The minimum Gasteiger partial charge on any atom is -0.462 e. The SMILES string of the molecule is CCOC(=O)c1c(Nc2nc3ccccc3nc2N2CCCCC2)sc2c1CCCC2. The first-order valence-electron chi connectivity index (χ1n) is 11.3. The minimum absolute atomic E-state index is 0.238. The van der Waals surface area contributed by atoms with Crippen molar-refractivity contribution in [1.82, 2.24) is 9.97 Å². The zero-order valence-corrected chi connectivity index (χ0v) is 18.8. The van der Waals surface area contributed by atoms with Crippen molar-refractivity contribution in [2.75, 3.05) is 29.9 Å². The highest BCUT2D eigenvalue weighted by Gasteiger charge is 2.28. The summed E-state index contributed by atoms with van der Waals surface area (Å²) in [6.45, 7) is 4.19. The number of aryl methyl sites for hydroxylation is 1. The number of hydrogen-bond donors (Lipinski definition) is 1. The van der Waals surface area contributed by atoms with E-state index in [1.807, 2.05) is 31.2 Å². The maximum Gasteiger partial charge on any atom is 0.341 e. The Balaban J connectivity index is 1.60. The van der Waals surface area contributed by atoms with Crippen molar-refractivity contribution in [2.45, 2.75) is 51.9 Å². The lowest BCUT2D eigenvalue weighted by Gasteiger charge is -2.29. The lowest BCUT2D eigenvalue weighted by atomic mass is 9.95. The lowest BCUT2D eigenvalue weighted by Crippen LogP contribution is -2.31. The molecule has 1 aliphatic carbocycles. The number of anilines is 3. The third-order valence-corrected chi connectivity index (χ3v) is 7.30. The van der Waals surface area contributed by atoms with Crippen LogP contribution in [-0.2, 0) is 17.6 Å². The Morgan fingerprint density at radius 3 is 2.58 bits per heavy atom. The van der Waals surface area contributed by atoms with Gasteiger partial charge in [-0.15, -0.1) is 11.3 Å². The monoisotopic (exact) mass is 436 g/mol. The van der Waals surface area contributed by atoms with Gasteiger partial charge in [0.1, 0.15) is 5.00 Å². The molecule has 0 radical (unpaired) electrons. The van der Waals surface area contributed by atoms with Crippen molar-refractivity contribution < 1.29 is 9.53 Å². The van der Waals surface area contributed by atoms with Gasteiger partial charge in [0, 0.05) is 18.0 Å². The number of hydrogen-bond acceptors (Lipinski definition) is 7. The minimum atomic E-state index is -0.238. The molecule has 1 fully saturated rings. The van der Waals surface area contributed by atoms with E-state index in [-0.39, 0.29) is 5.97 Å². The van der Waals surface area contributed by atoms with Crippen molar-refractivity contribution in [3.05, 3.63) is 40.3 Å². The molecule has 1 N–H and O–H groups in total. The van der Waals surface area contributed by atoms with Crippen LogP contribution in [0.25, 0.3) is 11.0 Å². The Morgan fingerprint density at radius 2 is 1.81 bits per heavy atom. The summed E-state index contributed by atoms with van der Waals surface area (Å²) in [5, 5.41) is 4.37. The quantitative estimate of drug-likeness (QED) is 0.534. The number of piperidine rings is 1. The lowest BCUT2D eigenvalue weighted by molar-refractivity contribution is 0.0526. The molecule has 5 rings (SSSR count). The normalized spacial score (nSPS) is 16.2. The molecule has 2 aromatic heterocycles. The Bertz CT molecular complexity index is 1100. The summed E-state index contributed by atoms with van der Waals surface area (Å²) in [5.41, 5.74) is 3.60. The van der Waals surface area contributed by atoms with Crippen LogP contribution in [0.15, 0.2) is 24.3 Å². The summed E-state index contributed by atoms with van der Waals surface area (Å²) in [7, 11) is 0. The summed E-state index contributed by atoms with van der Waals surface area (Å²) in [5.74, 6) is 1.36. The van der Waals surface area contributed by atoms with Crippen LogP contribution >= 0.6 is 11.3 Å². The number of nitrogens with zero attached hydrogens (tertiary/aromatic N) is 3. The average Bonchev–Trinajstić information content (AvgIpc) is 3.17. The molecule has 0 saturated carbocycles. The molecule has 2 aliphatic rings. The van der Waals surface area contributed by atoms with Crippen LogP contribution in [0.4, 0.5) is 16.6 Å². The van der Waals surface area contributed by atoms with Crippen LogP contribution in [0.3, 0.4) is 0 Å². The number of aromatic nitrogens is 2. The first-order chi connectivity index (χ1) is 15.2. The molecule has 0 amide bonds. The summed E-state index contributed by atoms with van der Waals surface area (Å²) in [6.07, 6.45) is 7.82. The molecule has 3 aromatic rings. The highest BCUT2D eigenvalue weighted by Crippen LogP contribution is 2.41. The molecule has 0 bridgehead atoms. The number of carbonyl (C=O) groups excluding carboxylic acids is 1. The van der Waals surface area contributed by atoms with Crippen molar-refractivity contribution in [2.24, 2.45) is 0 Å². The number of carbonyl (C=O) groups is 1. The maximum absolute atomic E-state index is 12.9. The van der Waals surface area contributed by atoms with E-state index in [2.05, 4.69) is 10.2 Å². The Morgan fingerprint density at radius 1 is 1.06 bits per heavy atom. The van der Waals surface area contributed by atoms with E-state index in [9.17, 15) is 4.79 Å². The number of esters is 1. The van der Waals surface area contributed by atoms with Gasteiger partial charge in [0.2, 0.25) is 0 Å². The van der Waals surface area contributed by atoms with Gasteiger partial charge in [-0.25, -0.2) is 14.8 Å². The summed E-state index contributed by atoms with van der Waals surface area (Å²) in [4.78, 5) is 26.4. The fourth-order valence-corrected chi connectivity index (χ4v) is 5.86. The first-order valence-corrected chi connectivity index (χ1v) is 12.2. The van der Waals surface area contributed by atoms with Gasteiger partial charge in [-0.05, 0) is 69.6 Å². The van der Waals surface area contributed by atoms with Crippen LogP contribution in [0.1, 0.15) is 59.8 Å². The molecule has 1 aliphatic heterocycles. The van der Waals surface area contributed by atoms with Gasteiger partial charge >= 0.3 is 5.97 Å². The van der Waals surface area contributed by atoms with E-state index in [4.69, 9.17) is 14.7 Å². The molecule has 31 heavy (non-hydrogen) atoms. The van der Waals surface area contributed by atoms with Crippen molar-refractivity contribution in [3.63, 3.8) is 0 Å². The van der Waals surface area contributed by atoms with Gasteiger partial charge in [-0.3, -0.25) is 0 Å². The molecule has 1 saturated heterocycles. The molecule has 6 nitrogen and oxygen atoms in total. The fraction of sp³-hybridized carbons (Fsp3) is 0.458. The first kappa shape index (κ1) is 20.2. The molecule has 0 spiro atoms. The Kier molecular flexibility index (Phi) is 5.76. The number of nitrogens with one attached hydrogen (secondary N) is 1. The van der Waals surface area contributed by atoms with Gasteiger partial charge in [0.05, 0.1) is 23.2 Å². The molecular formula is C24H28N4O2S. The number of thiophene rings is 1. The van der Waals surface area contributed by atoms with E-state index in [1.165, 1.54) is 17.7 Å². The molecule has 7 heteroatoms. The van der Waals surface area contributed by atoms with Crippen LogP contribution in [0.2, 0.25) is 0 Å². The molecule has 3 heterocycles. The number of para-hydroxylation sites is 2. The van der Waals surface area contributed by atoms with Gasteiger partial charge < -0.3 is 15.0 Å². The molecule has 1 aromatic carbocycles. The van der Waals surface area contributed by atoms with Crippen molar-refractivity contribution >= 4 is 45.0 Å². The standard InChI is InChI=1S/C24H28N4O2S/c1-2-30-24(29)20-16-10-4-7-13-19(16)31-23(20)27-21-22(28-14-8-3-9-15-28)26-18-12-6-5-11-17(18)25-21/h5-6,11-12H,2-4,7-10,13-15H2,1H3,(H,25,27). The molecule has 162 valence electrons. The number of fused-ring (bicyclic) bond motifs is 2. The maximum atomic E-state index is 12.9. The zero-order valence-electron chi connectivity index (χ0n) is 17.9. The largest absolute Gasteiger partial charge is 0.462 e. The van der Waals surface area contributed by atoms with Gasteiger partial charge in [-0.2, -0.15) is 0 Å². The predicted octanol–water partition coefficient (Wildman–Crippen LogP) is 5.48. The summed E-state index contributed by atoms with van der Waals surface area (Å²) >= 11 is 1.67. The third kappa shape index (κ3) is 3.99. The zero-order chi connectivity index (χ0) is 21.2. The summed E-state index contributed by atoms with van der Waals surface area (Å²) in [6, 6.07) is 7.97. The van der Waals surface area contributed by atoms with Crippen LogP contribution in [-0.4, -0.2) is 35.6 Å². The van der Waals surface area contributed by atoms with Gasteiger partial charge in [0.25, 0.3) is 0 Å². The molecule has 0 atom stereocenters. The highest BCUT2D eigenvalue weighted by atomic mass is 32.1. The second-order valence-corrected chi connectivity index (χ2v) is 9.30. The van der Waals surface area contributed by atoms with E-state index in [0.29, 0.717) is 12.2 Å². The van der Waals surface area contributed by atoms with Crippen LogP contribution < -0.4 is 10.2 Å². The number of rotatable bonds is 5. The number of ether oxygens (including phenoxy) is 1. The average molecular weight is 437 g/mol. The Labute approximate surface area is 186 Å². The number of benzene rings is 1. The highest BCUT2D eigenvalue weighted by molar-refractivity contribution is 7.16. The van der Waals surface area contributed by atoms with Crippen LogP contribution in [0.5, 0.6) is 0 Å².